The Morgan fingerprint density at radius 1 is 1.16 bits per heavy atom. The van der Waals surface area contributed by atoms with Gasteiger partial charge in [-0.15, -0.1) is 0 Å². The second kappa shape index (κ2) is 9.15. The monoisotopic (exact) mass is 344 g/mol. The topological polar surface area (TPSA) is 84.6 Å². The molecule has 0 heterocycles. The molecule has 0 unspecified atom stereocenters. The molecule has 0 saturated heterocycles. The van der Waals surface area contributed by atoms with Crippen molar-refractivity contribution in [3.8, 4) is 5.75 Å². The lowest BCUT2D eigenvalue weighted by Crippen LogP contribution is -2.30. The van der Waals surface area contributed by atoms with E-state index < -0.39 is 11.0 Å². The molecule has 134 valence electrons. The molecule has 0 aromatic heterocycles. The van der Waals surface area contributed by atoms with Gasteiger partial charge in [0.15, 0.2) is 0 Å². The highest BCUT2D eigenvalue weighted by Gasteiger charge is 2.10. The molecule has 2 atom stereocenters. The fourth-order valence-corrected chi connectivity index (χ4v) is 2.53. The average molecular weight is 344 g/mol. The molecule has 0 bridgehead atoms. The second-order valence-corrected chi connectivity index (χ2v) is 6.06. The maximum Gasteiger partial charge on any atom is 0.269 e. The van der Waals surface area contributed by atoms with Crippen LogP contribution in [0.1, 0.15) is 30.6 Å². The molecule has 2 rings (SSSR count). The van der Waals surface area contributed by atoms with Crippen molar-refractivity contribution < 1.29 is 14.8 Å². The fourth-order valence-electron chi connectivity index (χ4n) is 2.53. The summed E-state index contributed by atoms with van der Waals surface area (Å²) >= 11 is 0. The van der Waals surface area contributed by atoms with Crippen LogP contribution in [-0.2, 0) is 6.42 Å². The van der Waals surface area contributed by atoms with Crippen molar-refractivity contribution in [3.63, 3.8) is 0 Å². The smallest absolute Gasteiger partial charge is 0.269 e. The van der Waals surface area contributed by atoms with E-state index in [0.29, 0.717) is 6.54 Å². The number of rotatable bonds is 9. The van der Waals surface area contributed by atoms with Crippen LogP contribution in [0.3, 0.4) is 0 Å². The minimum atomic E-state index is -0.576. The molecule has 0 aliphatic carbocycles. The predicted molar refractivity (Wildman–Crippen MR) is 96.8 cm³/mol. The van der Waals surface area contributed by atoms with E-state index in [2.05, 4.69) is 12.2 Å². The Kier molecular flexibility index (Phi) is 6.91. The number of nitro groups is 1. The van der Waals surface area contributed by atoms with Crippen molar-refractivity contribution in [1.82, 2.24) is 5.32 Å². The van der Waals surface area contributed by atoms with Crippen molar-refractivity contribution in [2.24, 2.45) is 0 Å². The molecule has 6 heteroatoms. The summed E-state index contributed by atoms with van der Waals surface area (Å²) in [6.45, 7) is 2.53. The predicted octanol–water partition coefficient (Wildman–Crippen LogP) is 3.25. The Labute approximate surface area is 147 Å². The van der Waals surface area contributed by atoms with Crippen LogP contribution in [0.5, 0.6) is 5.75 Å². The first-order valence-corrected chi connectivity index (χ1v) is 8.28. The zero-order valence-corrected chi connectivity index (χ0v) is 14.5. The number of hydrogen-bond donors (Lipinski definition) is 2. The minimum Gasteiger partial charge on any atom is -0.497 e. The highest BCUT2D eigenvalue weighted by atomic mass is 16.6. The quantitative estimate of drug-likeness (QED) is 0.539. The Hall–Kier alpha value is -2.44. The minimum absolute atomic E-state index is 0.109. The molecule has 0 spiro atoms. The summed E-state index contributed by atoms with van der Waals surface area (Å²) in [6, 6.07) is 14.2. The van der Waals surface area contributed by atoms with Gasteiger partial charge in [0.25, 0.3) is 5.69 Å². The van der Waals surface area contributed by atoms with E-state index in [1.807, 2.05) is 24.3 Å². The molecule has 6 nitrogen and oxygen atoms in total. The van der Waals surface area contributed by atoms with Crippen LogP contribution >= 0.6 is 0 Å². The number of aliphatic hydroxyl groups is 1. The van der Waals surface area contributed by atoms with Gasteiger partial charge in [-0.25, -0.2) is 0 Å². The Balaban J connectivity index is 1.75. The van der Waals surface area contributed by atoms with E-state index >= 15 is 0 Å². The lowest BCUT2D eigenvalue weighted by molar-refractivity contribution is -0.384. The summed E-state index contributed by atoms with van der Waals surface area (Å²) in [7, 11) is 1.61. The van der Waals surface area contributed by atoms with Crippen LogP contribution in [0.15, 0.2) is 48.5 Å². The van der Waals surface area contributed by atoms with Crippen molar-refractivity contribution in [2.75, 3.05) is 13.7 Å². The van der Waals surface area contributed by atoms with Crippen LogP contribution in [0.25, 0.3) is 0 Å². The molecule has 0 amide bonds. The maximum atomic E-state index is 10.6. The van der Waals surface area contributed by atoms with Crippen LogP contribution in [-0.4, -0.2) is 29.7 Å². The van der Waals surface area contributed by atoms with Crippen LogP contribution in [0, 0.1) is 10.1 Å². The number of methoxy groups -OCH3 is 1. The molecule has 0 aliphatic rings. The molecule has 0 fully saturated rings. The van der Waals surface area contributed by atoms with Crippen LogP contribution in [0.4, 0.5) is 5.69 Å². The zero-order valence-electron chi connectivity index (χ0n) is 14.5. The second-order valence-electron chi connectivity index (χ2n) is 6.06. The van der Waals surface area contributed by atoms with Gasteiger partial charge in [-0.2, -0.15) is 0 Å². The van der Waals surface area contributed by atoms with Crippen LogP contribution < -0.4 is 10.1 Å². The molecule has 0 radical (unpaired) electrons. The summed E-state index contributed by atoms with van der Waals surface area (Å²) in [5, 5.41) is 24.2. The number of nitrogens with one attached hydrogen (secondary N) is 1. The highest BCUT2D eigenvalue weighted by Crippen LogP contribution is 2.17. The summed E-state index contributed by atoms with van der Waals surface area (Å²) in [5.74, 6) is 0.764. The molecular weight excluding hydrogens is 320 g/mol. The maximum absolute atomic E-state index is 10.6. The Bertz CT molecular complexity index is 671. The normalized spacial score (nSPS) is 13.2. The lowest BCUT2D eigenvalue weighted by atomic mass is 10.0. The van der Waals surface area contributed by atoms with E-state index in [-0.39, 0.29) is 11.7 Å². The van der Waals surface area contributed by atoms with E-state index in [4.69, 9.17) is 4.74 Å². The zero-order chi connectivity index (χ0) is 18.2. The van der Waals surface area contributed by atoms with E-state index in [1.54, 1.807) is 19.2 Å². The number of aryl methyl sites for hydroxylation is 1. The first-order valence-electron chi connectivity index (χ1n) is 8.28. The molecule has 2 N–H and O–H groups in total. The fraction of sp³-hybridized carbons (Fsp3) is 0.368. The first kappa shape index (κ1) is 18.9. The van der Waals surface area contributed by atoms with Gasteiger partial charge >= 0.3 is 0 Å². The third kappa shape index (κ3) is 5.85. The Morgan fingerprint density at radius 2 is 1.80 bits per heavy atom. The number of ether oxygens (including phenoxy) is 1. The van der Waals surface area contributed by atoms with Crippen LogP contribution in [0.2, 0.25) is 0 Å². The number of nitrogens with zero attached hydrogens (tertiary/aromatic N) is 1. The summed E-state index contributed by atoms with van der Waals surface area (Å²) in [5.41, 5.74) is 2.02. The molecular formula is C19H24N2O4. The number of hydrogen-bond acceptors (Lipinski definition) is 5. The third-order valence-electron chi connectivity index (χ3n) is 4.17. The van der Waals surface area contributed by atoms with E-state index in [0.717, 1.165) is 29.7 Å². The Morgan fingerprint density at radius 3 is 2.36 bits per heavy atom. The van der Waals surface area contributed by atoms with Gasteiger partial charge in [0.1, 0.15) is 5.75 Å². The summed E-state index contributed by atoms with van der Waals surface area (Å²) < 4.78 is 5.11. The lowest BCUT2D eigenvalue weighted by Gasteiger charge is -2.17. The van der Waals surface area contributed by atoms with Crippen molar-refractivity contribution >= 4 is 5.69 Å². The molecule has 0 saturated carbocycles. The van der Waals surface area contributed by atoms with E-state index in [1.165, 1.54) is 12.1 Å². The number of non-ortho nitro benzene ring substituents is 1. The number of aliphatic hydroxyl groups excluding tert-OH is 1. The summed E-state index contributed by atoms with van der Waals surface area (Å²) in [4.78, 5) is 10.3. The molecule has 2 aromatic carbocycles. The van der Waals surface area contributed by atoms with Crippen molar-refractivity contribution in [1.29, 1.82) is 0 Å². The number of nitro benzene ring substituents is 1. The van der Waals surface area contributed by atoms with Gasteiger partial charge in [-0.3, -0.25) is 10.1 Å². The van der Waals surface area contributed by atoms with Gasteiger partial charge in [-0.05, 0) is 43.0 Å². The molecule has 2 aromatic rings. The van der Waals surface area contributed by atoms with Gasteiger partial charge in [0, 0.05) is 24.7 Å². The van der Waals surface area contributed by atoms with Gasteiger partial charge < -0.3 is 15.2 Å². The largest absolute Gasteiger partial charge is 0.497 e. The van der Waals surface area contributed by atoms with Gasteiger partial charge in [0.2, 0.25) is 0 Å². The van der Waals surface area contributed by atoms with Crippen molar-refractivity contribution in [3.05, 3.63) is 69.8 Å². The average Bonchev–Trinajstić information content (AvgIpc) is 2.64. The SMILES string of the molecule is COc1ccc([C@H](O)CN[C@@H](C)CCc2ccc([N+](=O)[O-])cc2)cc1. The summed E-state index contributed by atoms with van der Waals surface area (Å²) in [6.07, 6.45) is 1.13. The van der Waals surface area contributed by atoms with E-state index in [9.17, 15) is 15.2 Å². The first-order chi connectivity index (χ1) is 12.0. The van der Waals surface area contributed by atoms with Gasteiger partial charge in [0.05, 0.1) is 18.1 Å². The van der Waals surface area contributed by atoms with Gasteiger partial charge in [-0.1, -0.05) is 24.3 Å². The number of benzene rings is 2. The highest BCUT2D eigenvalue weighted by molar-refractivity contribution is 5.33. The molecule has 0 aliphatic heterocycles. The molecule has 25 heavy (non-hydrogen) atoms. The van der Waals surface area contributed by atoms with Crippen molar-refractivity contribution in [2.45, 2.75) is 31.9 Å². The standard InChI is InChI=1S/C19H24N2O4/c1-14(3-4-15-5-9-17(10-6-15)21(23)24)20-13-19(22)16-7-11-18(25-2)12-8-16/h5-12,14,19-20,22H,3-4,13H2,1-2H3/t14-,19+/m0/s1. The third-order valence-corrected chi connectivity index (χ3v) is 4.17.